The van der Waals surface area contributed by atoms with E-state index in [1.54, 1.807) is 0 Å². The minimum atomic E-state index is -0.709. The Morgan fingerprint density at radius 2 is 2.18 bits per heavy atom. The number of aryl methyl sites for hydroxylation is 1. The Bertz CT molecular complexity index is 559. The highest BCUT2D eigenvalue weighted by Crippen LogP contribution is 2.29. The molecular weight excluding hydrogens is 212 g/mol. The molecule has 1 aromatic carbocycles. The first-order valence-corrected chi connectivity index (χ1v) is 5.98. The van der Waals surface area contributed by atoms with Gasteiger partial charge in [0.25, 0.3) is 0 Å². The highest BCUT2D eigenvalue weighted by atomic mass is 16.3. The molecule has 2 N–H and O–H groups in total. The Kier molecular flexibility index (Phi) is 2.38. The molecule has 1 aromatic heterocycles. The number of benzene rings is 1. The second kappa shape index (κ2) is 3.79. The molecule has 1 aliphatic rings. The van der Waals surface area contributed by atoms with Crippen molar-refractivity contribution in [3.05, 3.63) is 41.6 Å². The zero-order valence-corrected chi connectivity index (χ0v) is 9.90. The van der Waals surface area contributed by atoms with Crippen LogP contribution in [0.3, 0.4) is 0 Å². The molecule has 0 amide bonds. The van der Waals surface area contributed by atoms with E-state index in [4.69, 9.17) is 0 Å². The van der Waals surface area contributed by atoms with Crippen molar-refractivity contribution in [1.29, 1.82) is 0 Å². The van der Waals surface area contributed by atoms with Gasteiger partial charge in [0.15, 0.2) is 0 Å². The summed E-state index contributed by atoms with van der Waals surface area (Å²) in [5.41, 5.74) is 2.29. The summed E-state index contributed by atoms with van der Waals surface area (Å²) in [5, 5.41) is 14.8. The maximum atomic E-state index is 10.5. The molecule has 0 aliphatic carbocycles. The van der Waals surface area contributed by atoms with Crippen LogP contribution >= 0.6 is 0 Å². The minimum absolute atomic E-state index is 0.637. The predicted octanol–water partition coefficient (Wildman–Crippen LogP) is 1.72. The van der Waals surface area contributed by atoms with Gasteiger partial charge in [0.1, 0.15) is 5.60 Å². The van der Waals surface area contributed by atoms with Crippen molar-refractivity contribution < 1.29 is 5.11 Å². The lowest BCUT2D eigenvalue weighted by molar-refractivity contribution is 0.0589. The number of nitrogens with one attached hydrogen (secondary N) is 1. The standard InChI is InChI=1S/C14H16N2O/c1-10-2-3-11-8-12(4-5-13(11)16-10)14(17)6-7-15-9-14/h2-5,8,15,17H,6-7,9H2,1H3. The summed E-state index contributed by atoms with van der Waals surface area (Å²) in [6.07, 6.45) is 0.776. The molecule has 3 rings (SSSR count). The van der Waals surface area contributed by atoms with Crippen molar-refractivity contribution in [1.82, 2.24) is 10.3 Å². The molecule has 1 atom stereocenters. The molecule has 0 saturated carbocycles. The third kappa shape index (κ3) is 1.81. The molecule has 1 aliphatic heterocycles. The molecule has 88 valence electrons. The fraction of sp³-hybridized carbons (Fsp3) is 0.357. The molecule has 1 unspecified atom stereocenters. The normalized spacial score (nSPS) is 24.4. The number of aliphatic hydroxyl groups is 1. The van der Waals surface area contributed by atoms with Crippen LogP contribution in [0.2, 0.25) is 0 Å². The van der Waals surface area contributed by atoms with Crippen LogP contribution in [0.1, 0.15) is 17.7 Å². The summed E-state index contributed by atoms with van der Waals surface area (Å²) in [7, 11) is 0. The lowest BCUT2D eigenvalue weighted by Gasteiger charge is -2.22. The highest BCUT2D eigenvalue weighted by molar-refractivity contribution is 5.79. The maximum absolute atomic E-state index is 10.5. The number of β-amino-alcohol motifs (C(OH)–C–C–N with tert-alkyl or cyclic N) is 1. The van der Waals surface area contributed by atoms with E-state index in [-0.39, 0.29) is 0 Å². The van der Waals surface area contributed by atoms with E-state index in [0.29, 0.717) is 6.54 Å². The molecule has 2 heterocycles. The van der Waals surface area contributed by atoms with E-state index in [1.807, 2.05) is 25.1 Å². The summed E-state index contributed by atoms with van der Waals surface area (Å²) in [4.78, 5) is 4.47. The lowest BCUT2D eigenvalue weighted by Crippen LogP contribution is -2.28. The van der Waals surface area contributed by atoms with Crippen molar-refractivity contribution in [2.45, 2.75) is 18.9 Å². The molecule has 1 saturated heterocycles. The molecule has 0 spiro atoms. The average molecular weight is 228 g/mol. The Morgan fingerprint density at radius 3 is 2.94 bits per heavy atom. The molecule has 0 bridgehead atoms. The first kappa shape index (κ1) is 10.7. The van der Waals surface area contributed by atoms with Gasteiger partial charge < -0.3 is 10.4 Å². The van der Waals surface area contributed by atoms with Crippen LogP contribution in [0, 0.1) is 6.92 Å². The summed E-state index contributed by atoms with van der Waals surface area (Å²) in [6.45, 7) is 3.50. The third-order valence-electron chi connectivity index (χ3n) is 3.50. The fourth-order valence-corrected chi connectivity index (χ4v) is 2.44. The first-order valence-electron chi connectivity index (χ1n) is 5.98. The van der Waals surface area contributed by atoms with Crippen molar-refractivity contribution in [2.24, 2.45) is 0 Å². The van der Waals surface area contributed by atoms with Crippen molar-refractivity contribution in [3.63, 3.8) is 0 Å². The van der Waals surface area contributed by atoms with Crippen LogP contribution in [0.4, 0.5) is 0 Å². The second-order valence-electron chi connectivity index (χ2n) is 4.82. The highest BCUT2D eigenvalue weighted by Gasteiger charge is 2.32. The maximum Gasteiger partial charge on any atom is 0.103 e. The monoisotopic (exact) mass is 228 g/mol. The third-order valence-corrected chi connectivity index (χ3v) is 3.50. The second-order valence-corrected chi connectivity index (χ2v) is 4.82. The number of pyridine rings is 1. The molecule has 1 fully saturated rings. The Hall–Kier alpha value is -1.45. The zero-order chi connectivity index (χ0) is 11.9. The topological polar surface area (TPSA) is 45.1 Å². The van der Waals surface area contributed by atoms with Crippen LogP contribution in [0.5, 0.6) is 0 Å². The van der Waals surface area contributed by atoms with Crippen LogP contribution in [-0.2, 0) is 5.60 Å². The van der Waals surface area contributed by atoms with E-state index in [2.05, 4.69) is 22.4 Å². The van der Waals surface area contributed by atoms with Crippen molar-refractivity contribution in [3.8, 4) is 0 Å². The van der Waals surface area contributed by atoms with Crippen LogP contribution in [-0.4, -0.2) is 23.2 Å². The van der Waals surface area contributed by atoms with E-state index in [1.165, 1.54) is 0 Å². The average Bonchev–Trinajstić information content (AvgIpc) is 2.77. The lowest BCUT2D eigenvalue weighted by atomic mass is 9.92. The van der Waals surface area contributed by atoms with Gasteiger partial charge in [0.05, 0.1) is 5.52 Å². The van der Waals surface area contributed by atoms with Gasteiger partial charge in [-0.25, -0.2) is 0 Å². The SMILES string of the molecule is Cc1ccc2cc(C3(O)CCNC3)ccc2n1. The van der Waals surface area contributed by atoms with Crippen molar-refractivity contribution >= 4 is 10.9 Å². The molecular formula is C14H16N2O. The van der Waals surface area contributed by atoms with Gasteiger partial charge in [-0.15, -0.1) is 0 Å². The number of hydrogen-bond acceptors (Lipinski definition) is 3. The van der Waals surface area contributed by atoms with Crippen molar-refractivity contribution in [2.75, 3.05) is 13.1 Å². The van der Waals surface area contributed by atoms with Crippen LogP contribution in [0.15, 0.2) is 30.3 Å². The summed E-state index contributed by atoms with van der Waals surface area (Å²) in [5.74, 6) is 0. The number of aromatic nitrogens is 1. The Labute approximate surface area is 100 Å². The first-order chi connectivity index (χ1) is 8.17. The number of nitrogens with zero attached hydrogens (tertiary/aromatic N) is 1. The van der Waals surface area contributed by atoms with Gasteiger partial charge in [-0.05, 0) is 43.7 Å². The summed E-state index contributed by atoms with van der Waals surface area (Å²) >= 11 is 0. The minimum Gasteiger partial charge on any atom is -0.384 e. The van der Waals surface area contributed by atoms with Gasteiger partial charge in [0, 0.05) is 17.6 Å². The zero-order valence-electron chi connectivity index (χ0n) is 9.90. The fourth-order valence-electron chi connectivity index (χ4n) is 2.44. The number of fused-ring (bicyclic) bond motifs is 1. The van der Waals surface area contributed by atoms with E-state index >= 15 is 0 Å². The summed E-state index contributed by atoms with van der Waals surface area (Å²) in [6, 6.07) is 10.1. The van der Waals surface area contributed by atoms with E-state index in [9.17, 15) is 5.11 Å². The Balaban J connectivity index is 2.10. The molecule has 2 aromatic rings. The van der Waals surface area contributed by atoms with Gasteiger partial charge in [-0.3, -0.25) is 4.98 Å². The van der Waals surface area contributed by atoms with Gasteiger partial charge >= 0.3 is 0 Å². The Morgan fingerprint density at radius 1 is 1.29 bits per heavy atom. The van der Waals surface area contributed by atoms with Gasteiger partial charge in [-0.1, -0.05) is 12.1 Å². The predicted molar refractivity (Wildman–Crippen MR) is 67.9 cm³/mol. The van der Waals surface area contributed by atoms with E-state index in [0.717, 1.165) is 35.1 Å². The quantitative estimate of drug-likeness (QED) is 0.781. The molecule has 17 heavy (non-hydrogen) atoms. The summed E-state index contributed by atoms with van der Waals surface area (Å²) < 4.78 is 0. The molecule has 0 radical (unpaired) electrons. The van der Waals surface area contributed by atoms with Crippen LogP contribution < -0.4 is 5.32 Å². The largest absolute Gasteiger partial charge is 0.384 e. The van der Waals surface area contributed by atoms with Gasteiger partial charge in [0.2, 0.25) is 0 Å². The van der Waals surface area contributed by atoms with Gasteiger partial charge in [-0.2, -0.15) is 0 Å². The van der Waals surface area contributed by atoms with Crippen LogP contribution in [0.25, 0.3) is 10.9 Å². The number of rotatable bonds is 1. The molecule has 3 nitrogen and oxygen atoms in total. The number of hydrogen-bond donors (Lipinski definition) is 2. The molecule has 3 heteroatoms. The van der Waals surface area contributed by atoms with E-state index < -0.39 is 5.60 Å². The smallest absolute Gasteiger partial charge is 0.103 e.